The average molecular weight is 403 g/mol. The lowest BCUT2D eigenvalue weighted by molar-refractivity contribution is -0.118. The highest BCUT2D eigenvalue weighted by Crippen LogP contribution is 2.16. The molecule has 1 atom stereocenters. The maximum absolute atomic E-state index is 12.7. The van der Waals surface area contributed by atoms with Crippen LogP contribution in [0.1, 0.15) is 36.7 Å². The van der Waals surface area contributed by atoms with Gasteiger partial charge in [-0.1, -0.05) is 38.5 Å². The predicted octanol–water partition coefficient (Wildman–Crippen LogP) is 3.18. The van der Waals surface area contributed by atoms with Gasteiger partial charge in [0, 0.05) is 11.3 Å². The van der Waals surface area contributed by atoms with Crippen molar-refractivity contribution in [2.24, 2.45) is 5.92 Å². The van der Waals surface area contributed by atoms with Crippen molar-refractivity contribution in [3.63, 3.8) is 0 Å². The zero-order valence-electron chi connectivity index (χ0n) is 16.5. The summed E-state index contributed by atoms with van der Waals surface area (Å²) in [4.78, 5) is 25.4. The lowest BCUT2D eigenvalue weighted by Gasteiger charge is -2.22. The highest BCUT2D eigenvalue weighted by molar-refractivity contribution is 7.91. The zero-order valence-corrected chi connectivity index (χ0v) is 17.3. The molecule has 7 heteroatoms. The second-order valence-electron chi connectivity index (χ2n) is 6.98. The molecular formula is C21H26N2O4S. The van der Waals surface area contributed by atoms with Crippen LogP contribution in [-0.2, 0) is 14.6 Å². The van der Waals surface area contributed by atoms with E-state index in [9.17, 15) is 18.0 Å². The van der Waals surface area contributed by atoms with E-state index in [0.717, 1.165) is 5.56 Å². The predicted molar refractivity (Wildman–Crippen MR) is 110 cm³/mol. The van der Waals surface area contributed by atoms with Gasteiger partial charge in [0.05, 0.1) is 10.6 Å². The van der Waals surface area contributed by atoms with Crippen molar-refractivity contribution in [1.82, 2.24) is 5.32 Å². The van der Waals surface area contributed by atoms with E-state index in [0.29, 0.717) is 11.3 Å². The minimum absolute atomic E-state index is 0.0130. The SMILES string of the molecule is CCS(=O)(=O)c1ccc(NC(=O)C(NC(=O)c2cccc(C)c2)C(C)C)cc1. The Balaban J connectivity index is 2.12. The van der Waals surface area contributed by atoms with Crippen molar-refractivity contribution >= 4 is 27.3 Å². The maximum Gasteiger partial charge on any atom is 0.251 e. The lowest BCUT2D eigenvalue weighted by Crippen LogP contribution is -2.47. The molecular weight excluding hydrogens is 376 g/mol. The molecule has 6 nitrogen and oxygen atoms in total. The van der Waals surface area contributed by atoms with E-state index in [1.807, 2.05) is 26.8 Å². The van der Waals surface area contributed by atoms with Gasteiger partial charge >= 0.3 is 0 Å². The van der Waals surface area contributed by atoms with E-state index in [1.165, 1.54) is 12.1 Å². The van der Waals surface area contributed by atoms with E-state index in [1.54, 1.807) is 37.3 Å². The molecule has 0 spiro atoms. The van der Waals surface area contributed by atoms with Gasteiger partial charge in [0.25, 0.3) is 5.91 Å². The smallest absolute Gasteiger partial charge is 0.251 e. The third kappa shape index (κ3) is 5.42. The molecule has 2 amide bonds. The fourth-order valence-corrected chi connectivity index (χ4v) is 3.56. The summed E-state index contributed by atoms with van der Waals surface area (Å²) in [5, 5.41) is 5.52. The first-order chi connectivity index (χ1) is 13.1. The molecule has 28 heavy (non-hydrogen) atoms. The molecule has 2 aromatic rings. The highest BCUT2D eigenvalue weighted by Gasteiger charge is 2.25. The Hall–Kier alpha value is -2.67. The van der Waals surface area contributed by atoms with Gasteiger partial charge in [0.1, 0.15) is 6.04 Å². The first-order valence-electron chi connectivity index (χ1n) is 9.15. The molecule has 0 radical (unpaired) electrons. The molecule has 150 valence electrons. The molecule has 0 aliphatic rings. The van der Waals surface area contributed by atoms with Gasteiger partial charge in [-0.05, 0) is 49.2 Å². The van der Waals surface area contributed by atoms with Gasteiger partial charge < -0.3 is 10.6 Å². The van der Waals surface area contributed by atoms with Crippen LogP contribution in [0, 0.1) is 12.8 Å². The number of aryl methyl sites for hydroxylation is 1. The summed E-state index contributed by atoms with van der Waals surface area (Å²) in [5.74, 6) is -0.795. The van der Waals surface area contributed by atoms with Gasteiger partial charge in [-0.25, -0.2) is 8.42 Å². The molecule has 0 fully saturated rings. The molecule has 0 saturated heterocycles. The molecule has 0 aromatic heterocycles. The number of anilines is 1. The van der Waals surface area contributed by atoms with Crippen LogP contribution in [0.2, 0.25) is 0 Å². The zero-order chi connectivity index (χ0) is 20.9. The highest BCUT2D eigenvalue weighted by atomic mass is 32.2. The number of benzene rings is 2. The molecule has 0 aliphatic heterocycles. The van der Waals surface area contributed by atoms with Crippen molar-refractivity contribution < 1.29 is 18.0 Å². The number of hydrogen-bond acceptors (Lipinski definition) is 4. The van der Waals surface area contributed by atoms with E-state index in [4.69, 9.17) is 0 Å². The van der Waals surface area contributed by atoms with Gasteiger partial charge in [0.2, 0.25) is 5.91 Å². The summed E-state index contributed by atoms with van der Waals surface area (Å²) in [7, 11) is -3.29. The number of carbonyl (C=O) groups excluding carboxylic acids is 2. The number of hydrogen-bond donors (Lipinski definition) is 2. The van der Waals surface area contributed by atoms with Crippen LogP contribution in [0.4, 0.5) is 5.69 Å². The Labute approximate surface area is 166 Å². The number of sulfone groups is 1. The van der Waals surface area contributed by atoms with Crippen LogP contribution in [-0.4, -0.2) is 32.0 Å². The van der Waals surface area contributed by atoms with E-state index in [-0.39, 0.29) is 28.4 Å². The van der Waals surface area contributed by atoms with Gasteiger partial charge in [-0.2, -0.15) is 0 Å². The number of rotatable bonds is 7. The summed E-state index contributed by atoms with van der Waals surface area (Å²) >= 11 is 0. The fraction of sp³-hybridized carbons (Fsp3) is 0.333. The van der Waals surface area contributed by atoms with Gasteiger partial charge in [0.15, 0.2) is 9.84 Å². The Morgan fingerprint density at radius 3 is 2.21 bits per heavy atom. The van der Waals surface area contributed by atoms with Crippen LogP contribution in [0.15, 0.2) is 53.4 Å². The largest absolute Gasteiger partial charge is 0.340 e. The summed E-state index contributed by atoms with van der Waals surface area (Å²) in [5.41, 5.74) is 1.92. The third-order valence-corrected chi connectivity index (χ3v) is 6.13. The monoisotopic (exact) mass is 402 g/mol. The first-order valence-corrected chi connectivity index (χ1v) is 10.8. The minimum Gasteiger partial charge on any atom is -0.340 e. The van der Waals surface area contributed by atoms with Crippen LogP contribution < -0.4 is 10.6 Å². The number of carbonyl (C=O) groups is 2. The Bertz CT molecular complexity index is 951. The second kappa shape index (κ2) is 9.01. The third-order valence-electron chi connectivity index (χ3n) is 4.38. The molecule has 2 N–H and O–H groups in total. The Morgan fingerprint density at radius 1 is 1.04 bits per heavy atom. The quantitative estimate of drug-likeness (QED) is 0.744. The summed E-state index contributed by atoms with van der Waals surface area (Å²) < 4.78 is 23.8. The van der Waals surface area contributed by atoms with Crippen molar-refractivity contribution in [3.8, 4) is 0 Å². The maximum atomic E-state index is 12.7. The minimum atomic E-state index is -3.29. The lowest BCUT2D eigenvalue weighted by atomic mass is 10.0. The van der Waals surface area contributed by atoms with Gasteiger partial charge in [-0.3, -0.25) is 9.59 Å². The normalized spacial score (nSPS) is 12.5. The molecule has 0 bridgehead atoms. The van der Waals surface area contributed by atoms with E-state index >= 15 is 0 Å². The summed E-state index contributed by atoms with van der Waals surface area (Å²) in [6.07, 6.45) is 0. The Kier molecular flexibility index (Phi) is 6.96. The Morgan fingerprint density at radius 2 is 1.68 bits per heavy atom. The molecule has 0 heterocycles. The van der Waals surface area contributed by atoms with Crippen LogP contribution in [0.25, 0.3) is 0 Å². The van der Waals surface area contributed by atoms with Crippen LogP contribution in [0.3, 0.4) is 0 Å². The summed E-state index contributed by atoms with van der Waals surface area (Å²) in [6.45, 7) is 7.16. The van der Waals surface area contributed by atoms with Crippen molar-refractivity contribution in [2.45, 2.75) is 38.6 Å². The first kappa shape index (κ1) is 21.6. The number of amides is 2. The van der Waals surface area contributed by atoms with Crippen LogP contribution in [0.5, 0.6) is 0 Å². The number of nitrogens with one attached hydrogen (secondary N) is 2. The second-order valence-corrected chi connectivity index (χ2v) is 9.26. The average Bonchev–Trinajstić information content (AvgIpc) is 2.66. The van der Waals surface area contributed by atoms with Crippen molar-refractivity contribution in [2.75, 3.05) is 11.1 Å². The van der Waals surface area contributed by atoms with E-state index in [2.05, 4.69) is 10.6 Å². The molecule has 1 unspecified atom stereocenters. The van der Waals surface area contributed by atoms with E-state index < -0.39 is 15.9 Å². The topological polar surface area (TPSA) is 92.3 Å². The summed E-state index contributed by atoms with van der Waals surface area (Å²) in [6, 6.07) is 12.4. The van der Waals surface area contributed by atoms with Gasteiger partial charge in [-0.15, -0.1) is 0 Å². The van der Waals surface area contributed by atoms with Crippen LogP contribution >= 0.6 is 0 Å². The molecule has 2 aromatic carbocycles. The molecule has 0 saturated carbocycles. The fourth-order valence-electron chi connectivity index (χ4n) is 2.68. The van der Waals surface area contributed by atoms with Crippen molar-refractivity contribution in [3.05, 3.63) is 59.7 Å². The molecule has 0 aliphatic carbocycles. The van der Waals surface area contributed by atoms with Crippen molar-refractivity contribution in [1.29, 1.82) is 0 Å². The molecule has 2 rings (SSSR count). The standard InChI is InChI=1S/C21H26N2O4S/c1-5-28(26,27)18-11-9-17(10-12-18)22-21(25)19(14(2)3)23-20(24)16-8-6-7-15(4)13-16/h6-14,19H,5H2,1-4H3,(H,22,25)(H,23,24).